The first kappa shape index (κ1) is 31.1. The molecule has 3 aliphatic heterocycles. The Morgan fingerprint density at radius 3 is 1.32 bits per heavy atom. The third-order valence-electron chi connectivity index (χ3n) is 6.25. The maximum atomic E-state index is 5.61. The van der Waals surface area contributed by atoms with Crippen LogP contribution in [0.1, 0.15) is 34.8 Å². The zero-order valence-corrected chi connectivity index (χ0v) is 26.8. The molecular weight excluding hydrogens is 640 g/mol. The van der Waals surface area contributed by atoms with E-state index in [1.54, 1.807) is 49.5 Å². The summed E-state index contributed by atoms with van der Waals surface area (Å²) >= 11 is 8.27. The van der Waals surface area contributed by atoms with E-state index in [0.29, 0.717) is 15.5 Å². The number of ether oxygens (including phenoxy) is 2. The largest absolute Gasteiger partial charge is 0.497 e. The van der Waals surface area contributed by atoms with Gasteiger partial charge in [-0.15, -0.1) is 0 Å². The summed E-state index contributed by atoms with van der Waals surface area (Å²) in [6, 6.07) is 24.8. The van der Waals surface area contributed by atoms with Gasteiger partial charge in [-0.2, -0.15) is 0 Å². The molecule has 6 N–H and O–H groups in total. The van der Waals surface area contributed by atoms with Gasteiger partial charge in [-0.05, 0) is 53.1 Å². The number of methoxy groups -OCH3 is 2. The van der Waals surface area contributed by atoms with Gasteiger partial charge in [0.05, 0.1) is 32.3 Å². The summed E-state index contributed by atoms with van der Waals surface area (Å²) in [5.74, 6) is 4.59. The lowest BCUT2D eigenvalue weighted by Crippen LogP contribution is -2.01. The molecule has 8 nitrogen and oxygen atoms in total. The molecule has 0 bridgehead atoms. The van der Waals surface area contributed by atoms with Crippen molar-refractivity contribution in [2.75, 3.05) is 31.5 Å². The normalized spacial score (nSPS) is 21.0. The molecule has 0 spiro atoms. The lowest BCUT2D eigenvalue weighted by Gasteiger charge is -2.06. The Morgan fingerprint density at radius 2 is 1.00 bits per heavy atom. The standard InChI is InChI=1S/2C10H12N2OS.C9H9BrN2S/c2*1-13-8-4-2-7(3-5-8)9-6-14-10(11)12-9;10-7-3-1-2-6(4-7)8-5-13-9(11)12-8/h2*2-5,9H,6H2,1H3,(H2,11,12);1-4,8H,5H2,(H2,11,12)/t9-;;/m0../s1. The summed E-state index contributed by atoms with van der Waals surface area (Å²) in [6.45, 7) is 0. The topological polar surface area (TPSA) is 134 Å². The second kappa shape index (κ2) is 15.4. The molecule has 3 aliphatic rings. The summed E-state index contributed by atoms with van der Waals surface area (Å²) in [6.07, 6.45) is 0. The van der Waals surface area contributed by atoms with Crippen LogP contribution in [0.3, 0.4) is 0 Å². The number of nitrogens with two attached hydrogens (primary N) is 3. The van der Waals surface area contributed by atoms with Gasteiger partial charge in [0.15, 0.2) is 15.5 Å². The molecule has 6 rings (SSSR count). The first-order valence-corrected chi connectivity index (χ1v) is 16.5. The van der Waals surface area contributed by atoms with E-state index < -0.39 is 0 Å². The summed E-state index contributed by atoms with van der Waals surface area (Å²) in [7, 11) is 3.33. The monoisotopic (exact) mass is 672 g/mol. The average Bonchev–Trinajstić information content (AvgIpc) is 3.75. The summed E-state index contributed by atoms with van der Waals surface area (Å²) < 4.78 is 11.3. The van der Waals surface area contributed by atoms with Crippen LogP contribution in [0, 0.1) is 0 Å². The van der Waals surface area contributed by atoms with Crippen molar-refractivity contribution < 1.29 is 9.47 Å². The maximum absolute atomic E-state index is 5.61. The van der Waals surface area contributed by atoms with Crippen LogP contribution in [0.15, 0.2) is 92.2 Å². The molecule has 0 aliphatic carbocycles. The van der Waals surface area contributed by atoms with Crippen LogP contribution in [0.25, 0.3) is 0 Å². The molecule has 0 saturated carbocycles. The summed E-state index contributed by atoms with van der Waals surface area (Å²) in [4.78, 5) is 13.0. The number of aliphatic imine (C=N–C) groups is 3. The van der Waals surface area contributed by atoms with Crippen molar-refractivity contribution in [3.8, 4) is 11.5 Å². The van der Waals surface area contributed by atoms with Crippen LogP contribution in [-0.4, -0.2) is 47.0 Å². The third kappa shape index (κ3) is 9.35. The molecule has 3 heterocycles. The fourth-order valence-electron chi connectivity index (χ4n) is 4.06. The molecule has 216 valence electrons. The Kier molecular flexibility index (Phi) is 11.7. The van der Waals surface area contributed by atoms with Gasteiger partial charge in [-0.25, -0.2) is 0 Å². The Hall–Kier alpha value is -2.80. The highest BCUT2D eigenvalue weighted by atomic mass is 79.9. The smallest absolute Gasteiger partial charge is 0.154 e. The van der Waals surface area contributed by atoms with Crippen molar-refractivity contribution in [1.29, 1.82) is 0 Å². The highest BCUT2D eigenvalue weighted by Gasteiger charge is 2.19. The van der Waals surface area contributed by atoms with Gasteiger partial charge in [-0.1, -0.05) is 87.6 Å². The van der Waals surface area contributed by atoms with E-state index in [1.165, 1.54) is 16.7 Å². The Bertz CT molecular complexity index is 1310. The molecule has 2 unspecified atom stereocenters. The van der Waals surface area contributed by atoms with Crippen LogP contribution in [0.4, 0.5) is 0 Å². The van der Waals surface area contributed by atoms with Crippen molar-refractivity contribution in [2.24, 2.45) is 32.2 Å². The van der Waals surface area contributed by atoms with Gasteiger partial charge in [0.1, 0.15) is 11.5 Å². The SMILES string of the molecule is COc1ccc(C2CSC(N)=N2)cc1.COc1ccc([C@@H]2CSC(N)=N2)cc1.NC1=NC(c2cccc(Br)c2)CS1. The van der Waals surface area contributed by atoms with Crippen molar-refractivity contribution >= 4 is 66.7 Å². The Morgan fingerprint density at radius 1 is 0.610 bits per heavy atom. The van der Waals surface area contributed by atoms with Gasteiger partial charge in [0.25, 0.3) is 0 Å². The summed E-state index contributed by atoms with van der Waals surface area (Å²) in [5.41, 5.74) is 20.4. The molecule has 0 radical (unpaired) electrons. The molecule has 3 aromatic rings. The predicted octanol–water partition coefficient (Wildman–Crippen LogP) is 6.15. The van der Waals surface area contributed by atoms with Crippen LogP contribution >= 0.6 is 51.2 Å². The van der Waals surface area contributed by atoms with Gasteiger partial charge in [-0.3, -0.25) is 15.0 Å². The predicted molar refractivity (Wildman–Crippen MR) is 181 cm³/mol. The lowest BCUT2D eigenvalue weighted by molar-refractivity contribution is 0.414. The average molecular weight is 674 g/mol. The molecule has 3 atom stereocenters. The van der Waals surface area contributed by atoms with Gasteiger partial charge in [0.2, 0.25) is 0 Å². The number of nitrogens with zero attached hydrogens (tertiary/aromatic N) is 3. The second-order valence-corrected chi connectivity index (χ2v) is 13.0. The zero-order chi connectivity index (χ0) is 29.2. The van der Waals surface area contributed by atoms with E-state index in [1.807, 2.05) is 60.7 Å². The second-order valence-electron chi connectivity index (χ2n) is 8.98. The molecule has 0 aromatic heterocycles. The first-order chi connectivity index (χ1) is 19.8. The maximum Gasteiger partial charge on any atom is 0.154 e. The first-order valence-electron chi connectivity index (χ1n) is 12.8. The Balaban J connectivity index is 0.000000142. The zero-order valence-electron chi connectivity index (χ0n) is 22.8. The highest BCUT2D eigenvalue weighted by molar-refractivity contribution is 9.10. The summed E-state index contributed by atoms with van der Waals surface area (Å²) in [5, 5.41) is 2.07. The van der Waals surface area contributed by atoms with Crippen LogP contribution in [0.2, 0.25) is 0 Å². The van der Waals surface area contributed by atoms with E-state index in [9.17, 15) is 0 Å². The van der Waals surface area contributed by atoms with Crippen molar-refractivity contribution in [3.05, 3.63) is 94.0 Å². The number of amidine groups is 3. The van der Waals surface area contributed by atoms with Gasteiger partial charge in [0, 0.05) is 21.7 Å². The minimum Gasteiger partial charge on any atom is -0.497 e. The van der Waals surface area contributed by atoms with E-state index in [0.717, 1.165) is 33.2 Å². The van der Waals surface area contributed by atoms with Crippen LogP contribution in [-0.2, 0) is 0 Å². The number of thioether (sulfide) groups is 3. The quantitative estimate of drug-likeness (QED) is 0.294. The lowest BCUT2D eigenvalue weighted by atomic mass is 10.1. The van der Waals surface area contributed by atoms with Crippen molar-refractivity contribution in [2.45, 2.75) is 18.1 Å². The minimum absolute atomic E-state index is 0.214. The molecule has 12 heteroatoms. The fourth-order valence-corrected chi connectivity index (χ4v) is 6.86. The van der Waals surface area contributed by atoms with E-state index in [4.69, 9.17) is 26.7 Å². The molecule has 0 saturated heterocycles. The van der Waals surface area contributed by atoms with Crippen molar-refractivity contribution in [1.82, 2.24) is 0 Å². The molecular formula is C29H33BrN6O2S3. The highest BCUT2D eigenvalue weighted by Crippen LogP contribution is 2.31. The van der Waals surface area contributed by atoms with Gasteiger partial charge >= 0.3 is 0 Å². The number of rotatable bonds is 5. The van der Waals surface area contributed by atoms with Crippen LogP contribution < -0.4 is 26.7 Å². The van der Waals surface area contributed by atoms with Crippen molar-refractivity contribution in [3.63, 3.8) is 0 Å². The number of halogens is 1. The minimum atomic E-state index is 0.214. The third-order valence-corrected chi connectivity index (χ3v) is 9.40. The molecule has 41 heavy (non-hydrogen) atoms. The molecule has 0 amide bonds. The van der Waals surface area contributed by atoms with E-state index in [2.05, 4.69) is 43.0 Å². The van der Waals surface area contributed by atoms with Gasteiger partial charge < -0.3 is 26.7 Å². The number of hydrogen-bond donors (Lipinski definition) is 3. The Labute approximate surface area is 262 Å². The van der Waals surface area contributed by atoms with E-state index in [-0.39, 0.29) is 18.1 Å². The van der Waals surface area contributed by atoms with E-state index >= 15 is 0 Å². The molecule has 0 fully saturated rings. The number of hydrogen-bond acceptors (Lipinski definition) is 11. The number of benzene rings is 3. The fraction of sp³-hybridized carbons (Fsp3) is 0.276. The molecule has 3 aromatic carbocycles. The van der Waals surface area contributed by atoms with Crippen LogP contribution in [0.5, 0.6) is 11.5 Å².